The van der Waals surface area contributed by atoms with Crippen molar-refractivity contribution in [2.75, 3.05) is 118 Å². The van der Waals surface area contributed by atoms with Crippen LogP contribution < -0.4 is 21.3 Å². The van der Waals surface area contributed by atoms with Gasteiger partial charge >= 0.3 is 23.9 Å². The summed E-state index contributed by atoms with van der Waals surface area (Å²) in [5, 5.41) is 39.1. The molecule has 0 aliphatic rings. The predicted octanol–water partition coefficient (Wildman–Crippen LogP) is 0.258. The second-order valence-corrected chi connectivity index (χ2v) is 12.4. The van der Waals surface area contributed by atoms with Gasteiger partial charge in [-0.2, -0.15) is 0 Å². The Morgan fingerprint density at radius 1 is 0.365 bits per heavy atom. The lowest BCUT2D eigenvalue weighted by atomic mass is 10.2. The van der Waals surface area contributed by atoms with Crippen molar-refractivity contribution < 1.29 is 53.4 Å². The number of rotatable bonds is 40. The number of aliphatic hydroxyl groups excluding tert-OH is 3. The summed E-state index contributed by atoms with van der Waals surface area (Å²) in [5.74, 6) is -1.09. The van der Waals surface area contributed by atoms with Crippen LogP contribution in [0.25, 0.3) is 0 Å². The Morgan fingerprint density at radius 2 is 0.731 bits per heavy atom. The molecule has 0 fully saturated rings. The molecule has 0 saturated heterocycles. The van der Waals surface area contributed by atoms with Crippen molar-refractivity contribution in [2.45, 2.75) is 89.9 Å². The first-order valence-corrected chi connectivity index (χ1v) is 19.4. The van der Waals surface area contributed by atoms with Crippen LogP contribution in [0.3, 0.4) is 0 Å². The van der Waals surface area contributed by atoms with E-state index in [9.17, 15) is 19.2 Å². The number of hydrogen-bond donors (Lipinski definition) is 7. The third-order valence-electron chi connectivity index (χ3n) is 7.78. The average molecular weight is 750 g/mol. The van der Waals surface area contributed by atoms with Gasteiger partial charge < -0.3 is 60.4 Å². The summed E-state index contributed by atoms with van der Waals surface area (Å²) in [6, 6.07) is 0. The lowest BCUT2D eigenvalue weighted by Crippen LogP contribution is -2.31. The molecule has 0 heterocycles. The van der Waals surface area contributed by atoms with E-state index in [4.69, 9.17) is 34.3 Å². The van der Waals surface area contributed by atoms with E-state index in [1.165, 1.54) is 0 Å². The normalized spacial score (nSPS) is 11.2. The van der Waals surface area contributed by atoms with Crippen LogP contribution in [0.5, 0.6) is 0 Å². The fourth-order valence-corrected chi connectivity index (χ4v) is 4.79. The molecule has 306 valence electrons. The SMILES string of the molecule is O=C(CCNCCCNCCO)OCCCCCOC(=O)CCN(CCCCO)CCC(=O)OCCCCCOC(=O)CCNCCCNCCO. The third kappa shape index (κ3) is 37.3. The minimum Gasteiger partial charge on any atom is -0.466 e. The number of carbonyl (C=O) groups excluding carboxylic acids is 4. The average Bonchev–Trinajstić information content (AvgIpc) is 3.13. The van der Waals surface area contributed by atoms with E-state index in [1.807, 2.05) is 4.90 Å². The first-order valence-electron chi connectivity index (χ1n) is 19.4. The molecular formula is C36H71N5O11. The summed E-state index contributed by atoms with van der Waals surface area (Å²) in [6.45, 7) is 8.66. The largest absolute Gasteiger partial charge is 0.466 e. The fourth-order valence-electron chi connectivity index (χ4n) is 4.79. The van der Waals surface area contributed by atoms with E-state index in [0.29, 0.717) is 117 Å². The maximum atomic E-state index is 12.3. The highest BCUT2D eigenvalue weighted by atomic mass is 16.5. The predicted molar refractivity (Wildman–Crippen MR) is 198 cm³/mol. The molecule has 0 unspecified atom stereocenters. The second kappa shape index (κ2) is 39.8. The molecule has 0 aromatic rings. The molecule has 52 heavy (non-hydrogen) atoms. The molecule has 16 nitrogen and oxygen atoms in total. The summed E-state index contributed by atoms with van der Waals surface area (Å²) in [4.78, 5) is 50.2. The highest BCUT2D eigenvalue weighted by Crippen LogP contribution is 2.04. The Kier molecular flexibility index (Phi) is 37.9. The Bertz CT molecular complexity index is 795. The van der Waals surface area contributed by atoms with Crippen LogP contribution in [0.4, 0.5) is 0 Å². The minimum absolute atomic E-state index is 0.0848. The van der Waals surface area contributed by atoms with E-state index in [-0.39, 0.29) is 56.5 Å². The van der Waals surface area contributed by atoms with Crippen molar-refractivity contribution >= 4 is 23.9 Å². The first-order chi connectivity index (χ1) is 25.4. The topological polar surface area (TPSA) is 217 Å². The van der Waals surface area contributed by atoms with Gasteiger partial charge in [0, 0.05) is 45.9 Å². The molecule has 0 aliphatic heterocycles. The van der Waals surface area contributed by atoms with Crippen LogP contribution in [-0.2, 0) is 38.1 Å². The van der Waals surface area contributed by atoms with Gasteiger partial charge in [-0.1, -0.05) is 0 Å². The molecule has 0 saturated carbocycles. The number of hydrogen-bond acceptors (Lipinski definition) is 16. The van der Waals surface area contributed by atoms with E-state index >= 15 is 0 Å². The Labute approximate surface area is 311 Å². The zero-order valence-electron chi connectivity index (χ0n) is 31.7. The van der Waals surface area contributed by atoms with Crippen molar-refractivity contribution in [3.63, 3.8) is 0 Å². The molecule has 7 N–H and O–H groups in total. The number of esters is 4. The Hall–Kier alpha value is -2.44. The standard InChI is InChI=1S/C36H71N5O11/c42-26-4-3-23-41(24-13-35(47)51-31-7-1-5-29-49-33(45)11-19-37-15-9-17-39-21-27-43)25-14-36(48)52-32-8-2-6-30-50-34(46)12-20-38-16-10-18-40-22-28-44/h37-40,42-44H,1-32H2. The zero-order valence-corrected chi connectivity index (χ0v) is 31.7. The smallest absolute Gasteiger partial charge is 0.307 e. The van der Waals surface area contributed by atoms with Gasteiger partial charge in [0.1, 0.15) is 0 Å². The van der Waals surface area contributed by atoms with Crippen LogP contribution in [0.1, 0.15) is 89.9 Å². The lowest BCUT2D eigenvalue weighted by Gasteiger charge is -2.21. The summed E-state index contributed by atoms with van der Waals surface area (Å²) < 4.78 is 21.2. The Balaban J connectivity index is 3.87. The molecule has 0 amide bonds. The first kappa shape index (κ1) is 49.6. The number of unbranched alkanes of at least 4 members (excludes halogenated alkanes) is 5. The number of nitrogens with one attached hydrogen (secondary N) is 4. The maximum absolute atomic E-state index is 12.3. The van der Waals surface area contributed by atoms with Gasteiger partial charge in [-0.25, -0.2) is 0 Å². The van der Waals surface area contributed by atoms with E-state index in [0.717, 1.165) is 58.3 Å². The molecule has 0 bridgehead atoms. The number of nitrogens with zero attached hydrogens (tertiary/aromatic N) is 1. The maximum Gasteiger partial charge on any atom is 0.307 e. The van der Waals surface area contributed by atoms with Crippen LogP contribution in [0, 0.1) is 0 Å². The number of ether oxygens (including phenoxy) is 4. The molecule has 0 atom stereocenters. The Morgan fingerprint density at radius 3 is 1.10 bits per heavy atom. The van der Waals surface area contributed by atoms with Gasteiger partial charge in [0.25, 0.3) is 0 Å². The van der Waals surface area contributed by atoms with Crippen molar-refractivity contribution in [3.05, 3.63) is 0 Å². The molecule has 0 aliphatic carbocycles. The van der Waals surface area contributed by atoms with Crippen LogP contribution in [-0.4, -0.2) is 162 Å². The lowest BCUT2D eigenvalue weighted by molar-refractivity contribution is -0.145. The highest BCUT2D eigenvalue weighted by Gasteiger charge is 2.13. The third-order valence-corrected chi connectivity index (χ3v) is 7.78. The molecule has 0 rings (SSSR count). The summed E-state index contributed by atoms with van der Waals surface area (Å²) in [5.41, 5.74) is 0. The molecule has 0 radical (unpaired) electrons. The van der Waals surface area contributed by atoms with Gasteiger partial charge in [-0.15, -0.1) is 0 Å². The van der Waals surface area contributed by atoms with Crippen LogP contribution in [0.2, 0.25) is 0 Å². The minimum atomic E-state index is -0.306. The summed E-state index contributed by atoms with van der Waals surface area (Å²) >= 11 is 0. The van der Waals surface area contributed by atoms with Gasteiger partial charge in [-0.3, -0.25) is 19.2 Å². The molecular weight excluding hydrogens is 678 g/mol. The van der Waals surface area contributed by atoms with Crippen molar-refractivity contribution in [1.82, 2.24) is 26.2 Å². The molecule has 0 spiro atoms. The quantitative estimate of drug-likeness (QED) is 0.0254. The number of carbonyl (C=O) groups is 4. The van der Waals surface area contributed by atoms with E-state index in [1.54, 1.807) is 0 Å². The molecule has 0 aromatic carbocycles. The van der Waals surface area contributed by atoms with E-state index < -0.39 is 0 Å². The van der Waals surface area contributed by atoms with Crippen molar-refractivity contribution in [2.24, 2.45) is 0 Å². The highest BCUT2D eigenvalue weighted by molar-refractivity contribution is 5.70. The second-order valence-electron chi connectivity index (χ2n) is 12.4. The summed E-state index contributed by atoms with van der Waals surface area (Å²) in [6.07, 6.45) is 8.53. The fraction of sp³-hybridized carbons (Fsp3) is 0.889. The zero-order chi connectivity index (χ0) is 38.2. The number of aliphatic hydroxyl groups is 3. The molecule has 16 heteroatoms. The van der Waals surface area contributed by atoms with Crippen molar-refractivity contribution in [1.29, 1.82) is 0 Å². The van der Waals surface area contributed by atoms with Gasteiger partial charge in [-0.05, 0) is 96.9 Å². The van der Waals surface area contributed by atoms with Crippen LogP contribution >= 0.6 is 0 Å². The van der Waals surface area contributed by atoms with Gasteiger partial charge in [0.15, 0.2) is 0 Å². The summed E-state index contributed by atoms with van der Waals surface area (Å²) in [7, 11) is 0. The van der Waals surface area contributed by atoms with Crippen molar-refractivity contribution in [3.8, 4) is 0 Å². The van der Waals surface area contributed by atoms with Gasteiger partial charge in [0.2, 0.25) is 0 Å². The van der Waals surface area contributed by atoms with E-state index in [2.05, 4.69) is 21.3 Å². The van der Waals surface area contributed by atoms with Crippen LogP contribution in [0.15, 0.2) is 0 Å². The van der Waals surface area contributed by atoms with Gasteiger partial charge in [0.05, 0.1) is 65.3 Å². The molecule has 0 aromatic heterocycles. The monoisotopic (exact) mass is 750 g/mol.